The van der Waals surface area contributed by atoms with Gasteiger partial charge in [-0.3, -0.25) is 4.79 Å². The number of fused-ring (bicyclic) bond motifs is 1. The number of hydrogen-bond acceptors (Lipinski definition) is 3. The van der Waals surface area contributed by atoms with Crippen molar-refractivity contribution in [3.63, 3.8) is 0 Å². The predicted octanol–water partition coefficient (Wildman–Crippen LogP) is 3.81. The molecule has 1 unspecified atom stereocenters. The van der Waals surface area contributed by atoms with Crippen molar-refractivity contribution in [2.45, 2.75) is 45.6 Å². The minimum atomic E-state index is -0.171. The molecule has 134 valence electrons. The molecule has 0 spiro atoms. The van der Waals surface area contributed by atoms with Gasteiger partial charge in [-0.25, -0.2) is 9.97 Å². The van der Waals surface area contributed by atoms with Crippen LogP contribution in [0.1, 0.15) is 47.1 Å². The van der Waals surface area contributed by atoms with Crippen molar-refractivity contribution in [2.75, 3.05) is 6.54 Å². The van der Waals surface area contributed by atoms with E-state index in [4.69, 9.17) is 0 Å². The van der Waals surface area contributed by atoms with Crippen LogP contribution in [0.25, 0.3) is 11.2 Å². The number of benzene rings is 1. The van der Waals surface area contributed by atoms with Gasteiger partial charge in [-0.05, 0) is 51.7 Å². The smallest absolute Gasteiger partial charge is 0.256 e. The first-order valence-corrected chi connectivity index (χ1v) is 9.15. The number of aromatic amines is 1. The van der Waals surface area contributed by atoms with Gasteiger partial charge in [0.25, 0.3) is 5.91 Å². The van der Waals surface area contributed by atoms with Crippen LogP contribution in [0.2, 0.25) is 0 Å². The number of likely N-dealkylation sites (tertiary alicyclic amines) is 1. The molecule has 0 radical (unpaired) electrons. The van der Waals surface area contributed by atoms with E-state index in [1.165, 1.54) is 11.1 Å². The molecule has 1 fully saturated rings. The fourth-order valence-corrected chi connectivity index (χ4v) is 4.17. The fraction of sp³-hybridized carbons (Fsp3) is 0.381. The summed E-state index contributed by atoms with van der Waals surface area (Å²) in [5.74, 6) is 0.838. The van der Waals surface area contributed by atoms with E-state index in [9.17, 15) is 4.79 Å². The van der Waals surface area contributed by atoms with Crippen molar-refractivity contribution in [3.8, 4) is 0 Å². The zero-order valence-electron chi connectivity index (χ0n) is 15.5. The van der Waals surface area contributed by atoms with Gasteiger partial charge in [0.2, 0.25) is 0 Å². The van der Waals surface area contributed by atoms with E-state index in [2.05, 4.69) is 53.1 Å². The molecule has 5 nitrogen and oxygen atoms in total. The van der Waals surface area contributed by atoms with Crippen LogP contribution in [-0.2, 0) is 6.42 Å². The van der Waals surface area contributed by atoms with Gasteiger partial charge in [-0.2, -0.15) is 0 Å². The molecule has 1 atom stereocenters. The summed E-state index contributed by atoms with van der Waals surface area (Å²) in [5.41, 5.74) is 4.37. The summed E-state index contributed by atoms with van der Waals surface area (Å²) in [6.07, 6.45) is 4.59. The van der Waals surface area contributed by atoms with Crippen LogP contribution in [0.15, 0.2) is 36.5 Å². The zero-order chi connectivity index (χ0) is 18.3. The van der Waals surface area contributed by atoms with Gasteiger partial charge in [-0.1, -0.05) is 29.8 Å². The molecule has 0 aliphatic carbocycles. The Labute approximate surface area is 153 Å². The first-order chi connectivity index (χ1) is 12.5. The van der Waals surface area contributed by atoms with Crippen LogP contribution in [-0.4, -0.2) is 37.8 Å². The number of carbonyl (C=O) groups excluding carboxylic acids is 1. The second kappa shape index (κ2) is 6.24. The number of aromatic nitrogens is 3. The number of pyridine rings is 1. The Morgan fingerprint density at radius 2 is 2.15 bits per heavy atom. The minimum Gasteiger partial charge on any atom is -0.340 e. The third-order valence-corrected chi connectivity index (χ3v) is 5.40. The highest BCUT2D eigenvalue weighted by atomic mass is 16.2. The maximum Gasteiger partial charge on any atom is 0.256 e. The highest BCUT2D eigenvalue weighted by molar-refractivity contribution is 6.04. The molecule has 3 aromatic rings. The van der Waals surface area contributed by atoms with Crippen molar-refractivity contribution < 1.29 is 4.79 Å². The fourth-order valence-electron chi connectivity index (χ4n) is 4.17. The van der Waals surface area contributed by atoms with Crippen LogP contribution in [0.3, 0.4) is 0 Å². The number of aryl methyl sites for hydroxylation is 2. The normalized spacial score (nSPS) is 20.0. The molecule has 0 saturated carbocycles. The van der Waals surface area contributed by atoms with Crippen LogP contribution in [0, 0.1) is 13.8 Å². The van der Waals surface area contributed by atoms with Crippen LogP contribution >= 0.6 is 0 Å². The van der Waals surface area contributed by atoms with Crippen molar-refractivity contribution in [2.24, 2.45) is 0 Å². The summed E-state index contributed by atoms with van der Waals surface area (Å²) in [6.45, 7) is 6.99. The van der Waals surface area contributed by atoms with E-state index >= 15 is 0 Å². The van der Waals surface area contributed by atoms with Crippen LogP contribution in [0.4, 0.5) is 0 Å². The zero-order valence-corrected chi connectivity index (χ0v) is 15.5. The molecule has 0 bridgehead atoms. The van der Waals surface area contributed by atoms with Crippen molar-refractivity contribution in [1.29, 1.82) is 0 Å². The van der Waals surface area contributed by atoms with Crippen molar-refractivity contribution in [1.82, 2.24) is 19.9 Å². The van der Waals surface area contributed by atoms with Gasteiger partial charge in [0.15, 0.2) is 5.65 Å². The maximum absolute atomic E-state index is 13.4. The Morgan fingerprint density at radius 3 is 2.96 bits per heavy atom. The lowest BCUT2D eigenvalue weighted by Gasteiger charge is -2.36. The highest BCUT2D eigenvalue weighted by Crippen LogP contribution is 2.34. The van der Waals surface area contributed by atoms with Crippen LogP contribution in [0.5, 0.6) is 0 Å². The SMILES string of the molecule is Cc1cccc(CC2(C)CCCN2C(=O)c2ccnc3nc(C)[nH]c23)c1. The van der Waals surface area contributed by atoms with E-state index < -0.39 is 0 Å². The van der Waals surface area contributed by atoms with E-state index in [0.29, 0.717) is 11.2 Å². The molecule has 1 N–H and O–H groups in total. The molecule has 1 amide bonds. The van der Waals surface area contributed by atoms with E-state index in [1.54, 1.807) is 12.3 Å². The molecule has 1 aliphatic rings. The summed E-state index contributed by atoms with van der Waals surface area (Å²) in [6, 6.07) is 10.4. The molecule has 1 saturated heterocycles. The Balaban J connectivity index is 1.68. The second-order valence-corrected chi connectivity index (χ2v) is 7.60. The Hall–Kier alpha value is -2.69. The first kappa shape index (κ1) is 16.8. The molecular weight excluding hydrogens is 324 g/mol. The third-order valence-electron chi connectivity index (χ3n) is 5.40. The lowest BCUT2D eigenvalue weighted by Crippen LogP contribution is -2.46. The lowest BCUT2D eigenvalue weighted by atomic mass is 9.89. The topological polar surface area (TPSA) is 61.9 Å². The summed E-state index contributed by atoms with van der Waals surface area (Å²) < 4.78 is 0. The Bertz CT molecular complexity index is 977. The molecule has 2 aromatic heterocycles. The summed E-state index contributed by atoms with van der Waals surface area (Å²) in [7, 11) is 0. The van der Waals surface area contributed by atoms with Gasteiger partial charge >= 0.3 is 0 Å². The number of nitrogens with zero attached hydrogens (tertiary/aromatic N) is 3. The molecule has 5 heteroatoms. The predicted molar refractivity (Wildman–Crippen MR) is 102 cm³/mol. The summed E-state index contributed by atoms with van der Waals surface area (Å²) in [5, 5.41) is 0. The Kier molecular flexibility index (Phi) is 4.02. The largest absolute Gasteiger partial charge is 0.340 e. The molecular formula is C21H24N4O. The number of imidazole rings is 1. The van der Waals surface area contributed by atoms with Gasteiger partial charge in [0.1, 0.15) is 5.82 Å². The monoisotopic (exact) mass is 348 g/mol. The minimum absolute atomic E-state index is 0.0636. The van der Waals surface area contributed by atoms with E-state index in [0.717, 1.165) is 37.1 Å². The number of carbonyl (C=O) groups is 1. The van der Waals surface area contributed by atoms with Crippen molar-refractivity contribution in [3.05, 3.63) is 59.0 Å². The third kappa shape index (κ3) is 2.87. The average Bonchev–Trinajstić information content (AvgIpc) is 3.15. The van der Waals surface area contributed by atoms with Gasteiger partial charge < -0.3 is 9.88 Å². The van der Waals surface area contributed by atoms with E-state index in [-0.39, 0.29) is 11.4 Å². The lowest BCUT2D eigenvalue weighted by molar-refractivity contribution is 0.0626. The molecule has 1 aliphatic heterocycles. The second-order valence-electron chi connectivity index (χ2n) is 7.60. The number of nitrogens with one attached hydrogen (secondary N) is 1. The molecule has 26 heavy (non-hydrogen) atoms. The average molecular weight is 348 g/mol. The molecule has 3 heterocycles. The van der Waals surface area contributed by atoms with Crippen molar-refractivity contribution >= 4 is 17.1 Å². The summed E-state index contributed by atoms with van der Waals surface area (Å²) in [4.78, 5) is 27.3. The first-order valence-electron chi connectivity index (χ1n) is 9.15. The van der Waals surface area contributed by atoms with Crippen LogP contribution < -0.4 is 0 Å². The Morgan fingerprint density at radius 1 is 1.31 bits per heavy atom. The standard InChI is InChI=1S/C21H24N4O/c1-14-6-4-7-16(12-14)13-21(3)9-5-11-25(21)20(26)17-8-10-22-19-18(17)23-15(2)24-19/h4,6-8,10,12H,5,9,11,13H2,1-3H3,(H,22,23,24). The van der Waals surface area contributed by atoms with Gasteiger partial charge in [-0.15, -0.1) is 0 Å². The molecule has 4 rings (SSSR count). The highest BCUT2D eigenvalue weighted by Gasteiger charge is 2.40. The number of amides is 1. The van der Waals surface area contributed by atoms with E-state index in [1.807, 2.05) is 11.8 Å². The van der Waals surface area contributed by atoms with Gasteiger partial charge in [0, 0.05) is 18.3 Å². The number of hydrogen-bond donors (Lipinski definition) is 1. The maximum atomic E-state index is 13.4. The number of H-pyrrole nitrogens is 1. The van der Waals surface area contributed by atoms with Gasteiger partial charge in [0.05, 0.1) is 11.1 Å². The summed E-state index contributed by atoms with van der Waals surface area (Å²) >= 11 is 0. The quantitative estimate of drug-likeness (QED) is 0.783. The number of rotatable bonds is 3. The molecule has 1 aromatic carbocycles.